The van der Waals surface area contributed by atoms with Crippen molar-refractivity contribution >= 4 is 11.9 Å². The minimum Gasteiger partial charge on any atom is -0.465 e. The lowest BCUT2D eigenvalue weighted by Gasteiger charge is -2.39. The fraction of sp³-hybridized carbons (Fsp3) is 0.714. The van der Waals surface area contributed by atoms with Gasteiger partial charge in [-0.05, 0) is 25.2 Å². The van der Waals surface area contributed by atoms with E-state index in [2.05, 4.69) is 6.58 Å². The van der Waals surface area contributed by atoms with E-state index in [1.165, 1.54) is 6.08 Å². The van der Waals surface area contributed by atoms with Gasteiger partial charge >= 0.3 is 11.9 Å². The van der Waals surface area contributed by atoms with Gasteiger partial charge in [0.05, 0.1) is 12.5 Å². The molecule has 5 atom stereocenters. The molecule has 2 aliphatic carbocycles. The Hall–Kier alpha value is -1.32. The third-order valence-corrected chi connectivity index (χ3v) is 5.10. The van der Waals surface area contributed by atoms with E-state index in [4.69, 9.17) is 9.47 Å². The Balaban J connectivity index is 1.88. The highest BCUT2D eigenvalue weighted by Crippen LogP contribution is 2.61. The zero-order valence-corrected chi connectivity index (χ0v) is 10.6. The molecule has 0 spiro atoms. The van der Waals surface area contributed by atoms with Crippen LogP contribution in [0.5, 0.6) is 0 Å². The first-order chi connectivity index (χ1) is 8.61. The average molecular weight is 250 g/mol. The van der Waals surface area contributed by atoms with Crippen LogP contribution in [0.4, 0.5) is 0 Å². The molecule has 2 bridgehead atoms. The van der Waals surface area contributed by atoms with Crippen molar-refractivity contribution in [2.45, 2.75) is 31.8 Å². The number of carbonyl (C=O) groups is 2. The molecule has 3 aliphatic rings. The van der Waals surface area contributed by atoms with Crippen LogP contribution in [0.25, 0.3) is 0 Å². The largest absolute Gasteiger partial charge is 0.465 e. The van der Waals surface area contributed by atoms with Crippen LogP contribution in [0.15, 0.2) is 12.7 Å². The molecular weight excluding hydrogens is 232 g/mol. The van der Waals surface area contributed by atoms with E-state index in [9.17, 15) is 9.59 Å². The summed E-state index contributed by atoms with van der Waals surface area (Å²) in [4.78, 5) is 23.3. The monoisotopic (exact) mass is 250 g/mol. The Morgan fingerprint density at radius 3 is 3.11 bits per heavy atom. The summed E-state index contributed by atoms with van der Waals surface area (Å²) in [6, 6.07) is 0. The number of hydrogen-bond acceptors (Lipinski definition) is 4. The average Bonchev–Trinajstić information content (AvgIpc) is 3.01. The molecule has 2 saturated carbocycles. The van der Waals surface area contributed by atoms with Crippen LogP contribution >= 0.6 is 0 Å². The SMILES string of the molecule is C=CC(=O)OC1(CC)CC2CC1C1C(=O)OCC21. The Morgan fingerprint density at radius 1 is 1.67 bits per heavy atom. The molecule has 0 amide bonds. The first-order valence-corrected chi connectivity index (χ1v) is 6.63. The molecule has 5 unspecified atom stereocenters. The lowest BCUT2D eigenvalue weighted by atomic mass is 9.71. The minimum atomic E-state index is -0.472. The van der Waals surface area contributed by atoms with Crippen molar-refractivity contribution in [3.8, 4) is 0 Å². The lowest BCUT2D eigenvalue weighted by molar-refractivity contribution is -0.167. The maximum atomic E-state index is 11.8. The fourth-order valence-electron chi connectivity index (χ4n) is 4.30. The van der Waals surface area contributed by atoms with Crippen LogP contribution in [0.2, 0.25) is 0 Å². The van der Waals surface area contributed by atoms with Gasteiger partial charge in [-0.25, -0.2) is 4.79 Å². The molecular formula is C14H18O4. The van der Waals surface area contributed by atoms with E-state index >= 15 is 0 Å². The summed E-state index contributed by atoms with van der Waals surface area (Å²) in [7, 11) is 0. The van der Waals surface area contributed by atoms with Gasteiger partial charge in [-0.1, -0.05) is 13.5 Å². The summed E-state index contributed by atoms with van der Waals surface area (Å²) in [6.45, 7) is 6.02. The van der Waals surface area contributed by atoms with Crippen molar-refractivity contribution in [3.63, 3.8) is 0 Å². The van der Waals surface area contributed by atoms with Crippen LogP contribution in [0, 0.1) is 23.7 Å². The molecule has 0 N–H and O–H groups in total. The van der Waals surface area contributed by atoms with E-state index in [-0.39, 0.29) is 23.8 Å². The molecule has 3 fully saturated rings. The highest BCUT2D eigenvalue weighted by Gasteiger charge is 2.65. The van der Waals surface area contributed by atoms with Crippen molar-refractivity contribution in [2.24, 2.45) is 23.7 Å². The molecule has 0 aromatic carbocycles. The van der Waals surface area contributed by atoms with Gasteiger partial charge in [0, 0.05) is 17.9 Å². The second kappa shape index (κ2) is 3.84. The standard InChI is InChI=1S/C14H18O4/c1-3-11(15)18-14(4-2)6-8-5-10(14)12-9(8)7-17-13(12)16/h3,8-10,12H,1,4-7H2,2H3. The number of carbonyl (C=O) groups excluding carboxylic acids is 2. The Kier molecular flexibility index (Phi) is 2.50. The van der Waals surface area contributed by atoms with Gasteiger partial charge < -0.3 is 9.47 Å². The van der Waals surface area contributed by atoms with Crippen LogP contribution in [0.3, 0.4) is 0 Å². The molecule has 18 heavy (non-hydrogen) atoms. The van der Waals surface area contributed by atoms with Gasteiger partial charge in [-0.2, -0.15) is 0 Å². The van der Waals surface area contributed by atoms with Crippen LogP contribution in [-0.4, -0.2) is 24.1 Å². The highest BCUT2D eigenvalue weighted by molar-refractivity contribution is 5.82. The Bertz CT molecular complexity index is 416. The molecule has 0 radical (unpaired) electrons. The first kappa shape index (κ1) is 11.8. The number of cyclic esters (lactones) is 1. The number of esters is 2. The number of ether oxygens (including phenoxy) is 2. The van der Waals surface area contributed by atoms with Crippen molar-refractivity contribution in [1.29, 1.82) is 0 Å². The normalized spacial score (nSPS) is 44.6. The van der Waals surface area contributed by atoms with Crippen molar-refractivity contribution < 1.29 is 19.1 Å². The molecule has 1 saturated heterocycles. The molecule has 0 aromatic rings. The number of fused-ring (bicyclic) bond motifs is 5. The van der Waals surface area contributed by atoms with Gasteiger partial charge in [0.25, 0.3) is 0 Å². The summed E-state index contributed by atoms with van der Waals surface area (Å²) in [5.74, 6) is 0.415. The third-order valence-electron chi connectivity index (χ3n) is 5.10. The van der Waals surface area contributed by atoms with E-state index in [0.29, 0.717) is 18.4 Å². The molecule has 4 nitrogen and oxygen atoms in total. The molecule has 1 heterocycles. The molecule has 0 aromatic heterocycles. The Labute approximate surface area is 106 Å². The molecule has 1 aliphatic heterocycles. The summed E-state index contributed by atoms with van der Waals surface area (Å²) < 4.78 is 10.8. The van der Waals surface area contributed by atoms with Crippen LogP contribution in [0.1, 0.15) is 26.2 Å². The fourth-order valence-corrected chi connectivity index (χ4v) is 4.30. The van der Waals surface area contributed by atoms with E-state index in [1.807, 2.05) is 6.92 Å². The van der Waals surface area contributed by atoms with Gasteiger partial charge in [-0.15, -0.1) is 0 Å². The summed E-state index contributed by atoms with van der Waals surface area (Å²) >= 11 is 0. The molecule has 3 rings (SSSR count). The summed E-state index contributed by atoms with van der Waals surface area (Å²) in [5.41, 5.74) is -0.472. The quantitative estimate of drug-likeness (QED) is 0.565. The second-order valence-corrected chi connectivity index (χ2v) is 5.67. The number of rotatable bonds is 3. The van der Waals surface area contributed by atoms with Gasteiger partial charge in [-0.3, -0.25) is 4.79 Å². The Morgan fingerprint density at radius 2 is 2.44 bits per heavy atom. The van der Waals surface area contributed by atoms with Crippen molar-refractivity contribution in [1.82, 2.24) is 0 Å². The van der Waals surface area contributed by atoms with Crippen LogP contribution < -0.4 is 0 Å². The topological polar surface area (TPSA) is 52.6 Å². The van der Waals surface area contributed by atoms with E-state index < -0.39 is 5.60 Å². The smallest absolute Gasteiger partial charge is 0.330 e. The lowest BCUT2D eigenvalue weighted by Crippen LogP contribution is -2.46. The van der Waals surface area contributed by atoms with E-state index in [0.717, 1.165) is 19.3 Å². The zero-order valence-electron chi connectivity index (χ0n) is 10.6. The third kappa shape index (κ3) is 1.38. The predicted octanol–water partition coefficient (Wildman–Crippen LogP) is 1.69. The van der Waals surface area contributed by atoms with Crippen LogP contribution in [-0.2, 0) is 19.1 Å². The first-order valence-electron chi connectivity index (χ1n) is 6.63. The predicted molar refractivity (Wildman–Crippen MR) is 63.5 cm³/mol. The minimum absolute atomic E-state index is 0.0543. The summed E-state index contributed by atoms with van der Waals surface area (Å²) in [6.07, 6.45) is 3.81. The highest BCUT2D eigenvalue weighted by atomic mass is 16.6. The van der Waals surface area contributed by atoms with Crippen molar-refractivity contribution in [3.05, 3.63) is 12.7 Å². The molecule has 4 heteroatoms. The van der Waals surface area contributed by atoms with E-state index in [1.54, 1.807) is 0 Å². The maximum Gasteiger partial charge on any atom is 0.330 e. The second-order valence-electron chi connectivity index (χ2n) is 5.67. The number of hydrogen-bond donors (Lipinski definition) is 0. The maximum absolute atomic E-state index is 11.8. The summed E-state index contributed by atoms with van der Waals surface area (Å²) in [5, 5.41) is 0. The van der Waals surface area contributed by atoms with Gasteiger partial charge in [0.1, 0.15) is 5.60 Å². The molecule has 98 valence electrons. The van der Waals surface area contributed by atoms with Gasteiger partial charge in [0.2, 0.25) is 0 Å². The zero-order chi connectivity index (χ0) is 12.9. The van der Waals surface area contributed by atoms with Crippen molar-refractivity contribution in [2.75, 3.05) is 6.61 Å². The van der Waals surface area contributed by atoms with Gasteiger partial charge in [0.15, 0.2) is 0 Å².